The third-order valence-corrected chi connectivity index (χ3v) is 1.18. The molecule has 1 rings (SSSR count). The summed E-state index contributed by atoms with van der Waals surface area (Å²) in [6, 6.07) is 2.74. The molecule has 0 spiro atoms. The predicted octanol–water partition coefficient (Wildman–Crippen LogP) is 0.484. The molecule has 0 atom stereocenters. The van der Waals surface area contributed by atoms with E-state index in [0.717, 1.165) is 0 Å². The lowest BCUT2D eigenvalue weighted by Gasteiger charge is -2.01. The van der Waals surface area contributed by atoms with Gasteiger partial charge in [-0.3, -0.25) is 4.79 Å². The summed E-state index contributed by atoms with van der Waals surface area (Å²) in [4.78, 5) is 10.7. The van der Waals surface area contributed by atoms with Crippen LogP contribution < -0.4 is 10.3 Å². The largest absolute Gasteiger partial charge is 0.494 e. The van der Waals surface area contributed by atoms with E-state index in [1.165, 1.54) is 18.3 Å². The van der Waals surface area contributed by atoms with Crippen LogP contribution in [0.25, 0.3) is 0 Å². The first kappa shape index (κ1) is 7.65. The van der Waals surface area contributed by atoms with Crippen LogP contribution in [0.3, 0.4) is 0 Å². The second-order valence-electron chi connectivity index (χ2n) is 1.98. The highest BCUT2D eigenvalue weighted by Gasteiger charge is 1.94. The van der Waals surface area contributed by atoms with Crippen molar-refractivity contribution in [1.82, 2.24) is 4.73 Å². The normalized spacial score (nSPS) is 9.55. The highest BCUT2D eigenvalue weighted by atomic mass is 16.5. The minimum absolute atomic E-state index is 0.475. The van der Waals surface area contributed by atoms with Gasteiger partial charge in [0.15, 0.2) is 0 Å². The van der Waals surface area contributed by atoms with Crippen LogP contribution in [0.1, 0.15) is 6.92 Å². The van der Waals surface area contributed by atoms with Crippen LogP contribution >= 0.6 is 0 Å². The molecule has 0 aromatic carbocycles. The predicted molar refractivity (Wildman–Crippen MR) is 39.1 cm³/mol. The molecule has 0 radical (unpaired) electrons. The average molecular weight is 155 g/mol. The van der Waals surface area contributed by atoms with E-state index >= 15 is 0 Å². The third kappa shape index (κ3) is 1.73. The zero-order valence-corrected chi connectivity index (χ0v) is 6.15. The molecule has 1 aromatic rings. The molecule has 11 heavy (non-hydrogen) atoms. The monoisotopic (exact) mass is 155 g/mol. The van der Waals surface area contributed by atoms with Gasteiger partial charge in [-0.15, -0.1) is 0 Å². The second-order valence-corrected chi connectivity index (χ2v) is 1.98. The Bertz CT molecular complexity index is 292. The first-order valence-corrected chi connectivity index (χ1v) is 3.29. The Morgan fingerprint density at radius 1 is 1.73 bits per heavy atom. The fourth-order valence-corrected chi connectivity index (χ4v) is 0.710. The van der Waals surface area contributed by atoms with Gasteiger partial charge < -0.3 is 9.94 Å². The average Bonchev–Trinajstić information content (AvgIpc) is 1.98. The maximum Gasteiger partial charge on any atom is 0.286 e. The summed E-state index contributed by atoms with van der Waals surface area (Å²) in [5.41, 5.74) is -0.490. The maximum atomic E-state index is 10.7. The van der Waals surface area contributed by atoms with Crippen molar-refractivity contribution >= 4 is 0 Å². The molecular weight excluding hydrogens is 146 g/mol. The Labute approximate surface area is 63.6 Å². The molecular formula is C7H9NO3. The summed E-state index contributed by atoms with van der Waals surface area (Å²) in [6.45, 7) is 2.33. The van der Waals surface area contributed by atoms with E-state index < -0.39 is 5.56 Å². The quantitative estimate of drug-likeness (QED) is 0.632. The van der Waals surface area contributed by atoms with E-state index in [9.17, 15) is 4.79 Å². The number of aromatic nitrogens is 1. The van der Waals surface area contributed by atoms with Crippen molar-refractivity contribution in [2.45, 2.75) is 6.92 Å². The maximum absolute atomic E-state index is 10.7. The fraction of sp³-hybridized carbons (Fsp3) is 0.286. The number of rotatable bonds is 2. The molecule has 0 bridgehead atoms. The van der Waals surface area contributed by atoms with Gasteiger partial charge in [-0.05, 0) is 6.92 Å². The topological polar surface area (TPSA) is 51.5 Å². The van der Waals surface area contributed by atoms with Crippen molar-refractivity contribution in [3.05, 3.63) is 28.7 Å². The number of hydrogen-bond donors (Lipinski definition) is 1. The Hall–Kier alpha value is -1.45. The van der Waals surface area contributed by atoms with Crippen LogP contribution in [0.5, 0.6) is 5.75 Å². The molecule has 1 aromatic heterocycles. The van der Waals surface area contributed by atoms with E-state index in [1.807, 2.05) is 6.92 Å². The van der Waals surface area contributed by atoms with Crippen LogP contribution in [-0.4, -0.2) is 16.5 Å². The van der Waals surface area contributed by atoms with Gasteiger partial charge >= 0.3 is 0 Å². The number of pyridine rings is 1. The minimum Gasteiger partial charge on any atom is -0.494 e. The van der Waals surface area contributed by atoms with Crippen LogP contribution in [-0.2, 0) is 0 Å². The minimum atomic E-state index is -0.490. The van der Waals surface area contributed by atoms with E-state index in [2.05, 4.69) is 0 Å². The standard InChI is InChI=1S/C7H9NO3/c1-2-11-6-3-4-8(10)7(9)5-6/h3-5,10H,2H2,1H3. The second kappa shape index (κ2) is 3.09. The Morgan fingerprint density at radius 3 is 3.00 bits per heavy atom. The number of ether oxygens (including phenoxy) is 1. The lowest BCUT2D eigenvalue weighted by Crippen LogP contribution is -2.15. The lowest BCUT2D eigenvalue weighted by atomic mass is 10.4. The van der Waals surface area contributed by atoms with Crippen LogP contribution in [0.2, 0.25) is 0 Å². The van der Waals surface area contributed by atoms with Crippen molar-refractivity contribution in [3.63, 3.8) is 0 Å². The smallest absolute Gasteiger partial charge is 0.286 e. The van der Waals surface area contributed by atoms with Gasteiger partial charge in [0.2, 0.25) is 0 Å². The lowest BCUT2D eigenvalue weighted by molar-refractivity contribution is 0.173. The zero-order chi connectivity index (χ0) is 8.27. The number of nitrogens with zero attached hydrogens (tertiary/aromatic N) is 1. The van der Waals surface area contributed by atoms with Crippen molar-refractivity contribution in [3.8, 4) is 5.75 Å². The molecule has 0 saturated carbocycles. The third-order valence-electron chi connectivity index (χ3n) is 1.18. The highest BCUT2D eigenvalue weighted by molar-refractivity contribution is 5.17. The SMILES string of the molecule is CCOc1ccn(O)c(=O)c1. The van der Waals surface area contributed by atoms with Crippen LogP contribution in [0.15, 0.2) is 23.1 Å². The zero-order valence-electron chi connectivity index (χ0n) is 6.15. The van der Waals surface area contributed by atoms with Crippen molar-refractivity contribution in [2.75, 3.05) is 6.61 Å². The summed E-state index contributed by atoms with van der Waals surface area (Å²) in [7, 11) is 0. The molecule has 4 heteroatoms. The molecule has 1 heterocycles. The Balaban J connectivity index is 2.96. The van der Waals surface area contributed by atoms with E-state index in [-0.39, 0.29) is 0 Å². The van der Waals surface area contributed by atoms with Crippen molar-refractivity contribution < 1.29 is 9.94 Å². The van der Waals surface area contributed by atoms with E-state index in [1.54, 1.807) is 0 Å². The fourth-order valence-electron chi connectivity index (χ4n) is 0.710. The van der Waals surface area contributed by atoms with Crippen LogP contribution in [0.4, 0.5) is 0 Å². The van der Waals surface area contributed by atoms with Gasteiger partial charge in [0.25, 0.3) is 5.56 Å². The number of hydrogen-bond acceptors (Lipinski definition) is 3. The Morgan fingerprint density at radius 2 is 2.45 bits per heavy atom. The molecule has 0 fully saturated rings. The molecule has 0 aliphatic heterocycles. The van der Waals surface area contributed by atoms with Crippen LogP contribution in [0, 0.1) is 0 Å². The van der Waals surface area contributed by atoms with Crippen molar-refractivity contribution in [2.24, 2.45) is 0 Å². The molecule has 4 nitrogen and oxygen atoms in total. The van der Waals surface area contributed by atoms with Gasteiger partial charge in [0, 0.05) is 12.1 Å². The molecule has 0 unspecified atom stereocenters. The van der Waals surface area contributed by atoms with Gasteiger partial charge in [-0.25, -0.2) is 0 Å². The molecule has 0 aliphatic rings. The van der Waals surface area contributed by atoms with Gasteiger partial charge in [-0.1, -0.05) is 0 Å². The van der Waals surface area contributed by atoms with Gasteiger partial charge in [-0.2, -0.15) is 4.73 Å². The summed E-state index contributed by atoms with van der Waals surface area (Å²) in [6.07, 6.45) is 1.24. The molecule has 60 valence electrons. The molecule has 0 aliphatic carbocycles. The van der Waals surface area contributed by atoms with Crippen molar-refractivity contribution in [1.29, 1.82) is 0 Å². The summed E-state index contributed by atoms with van der Waals surface area (Å²) in [5, 5.41) is 8.76. The first-order valence-electron chi connectivity index (χ1n) is 3.29. The summed E-state index contributed by atoms with van der Waals surface area (Å²) in [5.74, 6) is 0.475. The molecule has 0 saturated heterocycles. The first-order chi connectivity index (χ1) is 5.24. The van der Waals surface area contributed by atoms with Gasteiger partial charge in [0.05, 0.1) is 12.8 Å². The molecule has 1 N–H and O–H groups in total. The summed E-state index contributed by atoms with van der Waals surface area (Å²) >= 11 is 0. The summed E-state index contributed by atoms with van der Waals surface area (Å²) < 4.78 is 5.52. The Kier molecular flexibility index (Phi) is 2.15. The van der Waals surface area contributed by atoms with E-state index in [4.69, 9.17) is 9.94 Å². The van der Waals surface area contributed by atoms with Gasteiger partial charge in [0.1, 0.15) is 5.75 Å². The van der Waals surface area contributed by atoms with E-state index in [0.29, 0.717) is 17.1 Å². The molecule has 0 amide bonds. The highest BCUT2D eigenvalue weighted by Crippen LogP contribution is 2.03.